The number of amides is 1. The molecule has 0 aromatic heterocycles. The maximum absolute atomic E-state index is 11.1. The molecule has 1 amide bonds. The van der Waals surface area contributed by atoms with Crippen LogP contribution in [0.15, 0.2) is 0 Å². The molecular weight excluding hydrogens is 206 g/mol. The lowest BCUT2D eigenvalue weighted by atomic mass is 10.2. The number of nitrogens with one attached hydrogen (secondary N) is 1. The number of carboxylic acid groups (broad SMARTS) is 1. The smallest absolute Gasteiger partial charge is 0.329 e. The molecule has 1 atom stereocenters. The molecular formula is C8H11NO6. The molecule has 1 fully saturated rings. The number of ether oxygens (including phenoxy) is 2. The van der Waals surface area contributed by atoms with Crippen LogP contribution in [-0.4, -0.2) is 48.8 Å². The van der Waals surface area contributed by atoms with E-state index < -0.39 is 30.5 Å². The van der Waals surface area contributed by atoms with Gasteiger partial charge in [0.25, 0.3) is 0 Å². The van der Waals surface area contributed by atoms with Gasteiger partial charge in [-0.15, -0.1) is 0 Å². The van der Waals surface area contributed by atoms with Crippen molar-refractivity contribution in [2.24, 2.45) is 0 Å². The van der Waals surface area contributed by atoms with E-state index in [1.807, 2.05) is 0 Å². The van der Waals surface area contributed by atoms with Gasteiger partial charge in [0, 0.05) is 6.42 Å². The molecule has 1 aliphatic rings. The minimum Gasteiger partial charge on any atom is -0.480 e. The monoisotopic (exact) mass is 217 g/mol. The van der Waals surface area contributed by atoms with Gasteiger partial charge in [0.05, 0.1) is 6.61 Å². The number of hydrogen-bond acceptors (Lipinski definition) is 5. The van der Waals surface area contributed by atoms with Crippen LogP contribution in [0.1, 0.15) is 6.42 Å². The lowest BCUT2D eigenvalue weighted by molar-refractivity contribution is -0.145. The summed E-state index contributed by atoms with van der Waals surface area (Å²) in [5.74, 6) is -2.15. The van der Waals surface area contributed by atoms with Gasteiger partial charge < -0.3 is 19.9 Å². The van der Waals surface area contributed by atoms with Crippen molar-refractivity contribution in [1.29, 1.82) is 0 Å². The molecule has 7 heteroatoms. The second-order valence-electron chi connectivity index (χ2n) is 2.96. The fourth-order valence-corrected chi connectivity index (χ4v) is 1.09. The second-order valence-corrected chi connectivity index (χ2v) is 2.96. The Morgan fingerprint density at radius 3 is 2.80 bits per heavy atom. The van der Waals surface area contributed by atoms with Gasteiger partial charge >= 0.3 is 11.9 Å². The Morgan fingerprint density at radius 1 is 1.53 bits per heavy atom. The average molecular weight is 217 g/mol. The predicted octanol–water partition coefficient (Wildman–Crippen LogP) is -1.48. The Hall–Kier alpha value is -1.63. The highest BCUT2D eigenvalue weighted by Crippen LogP contribution is 2.04. The fraction of sp³-hybridized carbons (Fsp3) is 0.625. The van der Waals surface area contributed by atoms with Crippen LogP contribution in [0.4, 0.5) is 0 Å². The number of cyclic esters (lactones) is 1. The van der Waals surface area contributed by atoms with Crippen molar-refractivity contribution in [3.8, 4) is 0 Å². The molecule has 15 heavy (non-hydrogen) atoms. The topological polar surface area (TPSA) is 102 Å². The van der Waals surface area contributed by atoms with Gasteiger partial charge in [-0.2, -0.15) is 0 Å². The molecule has 7 nitrogen and oxygen atoms in total. The van der Waals surface area contributed by atoms with Crippen LogP contribution in [0.2, 0.25) is 0 Å². The third-order valence-electron chi connectivity index (χ3n) is 1.73. The molecule has 1 unspecified atom stereocenters. The van der Waals surface area contributed by atoms with Crippen molar-refractivity contribution in [3.05, 3.63) is 0 Å². The van der Waals surface area contributed by atoms with E-state index in [9.17, 15) is 14.4 Å². The van der Waals surface area contributed by atoms with Crippen LogP contribution in [0.25, 0.3) is 0 Å². The number of carbonyl (C=O) groups excluding carboxylic acids is 2. The highest BCUT2D eigenvalue weighted by molar-refractivity contribution is 5.86. The molecule has 0 aliphatic carbocycles. The van der Waals surface area contributed by atoms with Gasteiger partial charge in [-0.1, -0.05) is 0 Å². The summed E-state index contributed by atoms with van der Waals surface area (Å²) in [6, 6.07) is -0.633. The SMILES string of the molecule is O=C(O)COCC(=O)NC1CCOC1=O. The summed E-state index contributed by atoms with van der Waals surface area (Å²) >= 11 is 0. The summed E-state index contributed by atoms with van der Waals surface area (Å²) in [6.45, 7) is -0.627. The Bertz CT molecular complexity index is 276. The largest absolute Gasteiger partial charge is 0.480 e. The zero-order valence-corrected chi connectivity index (χ0v) is 7.89. The van der Waals surface area contributed by atoms with Crippen LogP contribution < -0.4 is 5.32 Å². The molecule has 0 saturated carbocycles. The predicted molar refractivity (Wildman–Crippen MR) is 46.0 cm³/mol. The van der Waals surface area contributed by atoms with Crippen LogP contribution in [-0.2, 0) is 23.9 Å². The Labute approximate surface area is 85.3 Å². The molecule has 2 N–H and O–H groups in total. The summed E-state index contributed by atoms with van der Waals surface area (Å²) in [5.41, 5.74) is 0. The van der Waals surface area contributed by atoms with E-state index in [1.54, 1.807) is 0 Å². The third kappa shape index (κ3) is 3.94. The number of esters is 1. The van der Waals surface area contributed by atoms with E-state index in [1.165, 1.54) is 0 Å². The molecule has 0 spiro atoms. The molecule has 1 heterocycles. The van der Waals surface area contributed by atoms with Crippen molar-refractivity contribution in [2.45, 2.75) is 12.5 Å². The summed E-state index contributed by atoms with van der Waals surface area (Å²) in [5, 5.41) is 10.6. The Kier molecular flexibility index (Phi) is 4.04. The maximum Gasteiger partial charge on any atom is 0.329 e. The first-order chi connectivity index (χ1) is 7.09. The van der Waals surface area contributed by atoms with Crippen LogP contribution in [0.5, 0.6) is 0 Å². The number of rotatable bonds is 5. The lowest BCUT2D eigenvalue weighted by Crippen LogP contribution is -2.40. The molecule has 0 aromatic carbocycles. The van der Waals surface area contributed by atoms with Gasteiger partial charge in [-0.25, -0.2) is 9.59 Å². The van der Waals surface area contributed by atoms with Crippen molar-refractivity contribution in [2.75, 3.05) is 19.8 Å². The standard InChI is InChI=1S/C8H11NO6/c10-6(3-14-4-7(11)12)9-5-1-2-15-8(5)13/h5H,1-4H2,(H,9,10)(H,11,12). The van der Waals surface area contributed by atoms with Crippen LogP contribution >= 0.6 is 0 Å². The molecule has 1 aliphatic heterocycles. The Balaban J connectivity index is 2.18. The van der Waals surface area contributed by atoms with E-state index in [-0.39, 0.29) is 6.61 Å². The first-order valence-electron chi connectivity index (χ1n) is 4.35. The summed E-state index contributed by atoms with van der Waals surface area (Å²) in [4.78, 5) is 32.1. The maximum atomic E-state index is 11.1. The van der Waals surface area contributed by atoms with E-state index in [0.29, 0.717) is 13.0 Å². The quantitative estimate of drug-likeness (QED) is 0.544. The fourth-order valence-electron chi connectivity index (χ4n) is 1.09. The third-order valence-corrected chi connectivity index (χ3v) is 1.73. The number of aliphatic carboxylic acids is 1. The number of hydrogen-bond donors (Lipinski definition) is 2. The minimum absolute atomic E-state index is 0.291. The average Bonchev–Trinajstić information content (AvgIpc) is 2.51. The van der Waals surface area contributed by atoms with Gasteiger partial charge in [-0.3, -0.25) is 4.79 Å². The first kappa shape index (κ1) is 11.4. The number of carboxylic acids is 1. The molecule has 0 radical (unpaired) electrons. The van der Waals surface area contributed by atoms with E-state index >= 15 is 0 Å². The van der Waals surface area contributed by atoms with Crippen molar-refractivity contribution in [1.82, 2.24) is 5.32 Å². The molecule has 0 aromatic rings. The van der Waals surface area contributed by atoms with Gasteiger partial charge in [0.15, 0.2) is 0 Å². The van der Waals surface area contributed by atoms with Gasteiger partial charge in [0.2, 0.25) is 5.91 Å². The van der Waals surface area contributed by atoms with Gasteiger partial charge in [0.1, 0.15) is 19.3 Å². The second kappa shape index (κ2) is 5.30. The summed E-state index contributed by atoms with van der Waals surface area (Å²) < 4.78 is 9.16. The van der Waals surface area contributed by atoms with Crippen molar-refractivity contribution in [3.63, 3.8) is 0 Å². The normalized spacial score (nSPS) is 19.7. The Morgan fingerprint density at radius 2 is 2.27 bits per heavy atom. The highest BCUT2D eigenvalue weighted by atomic mass is 16.5. The van der Waals surface area contributed by atoms with E-state index in [0.717, 1.165) is 0 Å². The highest BCUT2D eigenvalue weighted by Gasteiger charge is 2.27. The summed E-state index contributed by atoms with van der Waals surface area (Å²) in [7, 11) is 0. The number of carbonyl (C=O) groups is 3. The van der Waals surface area contributed by atoms with Crippen LogP contribution in [0, 0.1) is 0 Å². The zero-order chi connectivity index (χ0) is 11.3. The molecule has 84 valence electrons. The minimum atomic E-state index is -1.15. The molecule has 1 rings (SSSR count). The summed E-state index contributed by atoms with van der Waals surface area (Å²) in [6.07, 6.45) is 0.434. The first-order valence-corrected chi connectivity index (χ1v) is 4.35. The van der Waals surface area contributed by atoms with Gasteiger partial charge in [-0.05, 0) is 0 Å². The molecule has 0 bridgehead atoms. The lowest BCUT2D eigenvalue weighted by Gasteiger charge is -2.08. The molecule has 1 saturated heterocycles. The van der Waals surface area contributed by atoms with Crippen molar-refractivity contribution >= 4 is 17.8 Å². The van der Waals surface area contributed by atoms with Crippen LogP contribution in [0.3, 0.4) is 0 Å². The van der Waals surface area contributed by atoms with Crippen molar-refractivity contribution < 1.29 is 29.0 Å². The van der Waals surface area contributed by atoms with E-state index in [2.05, 4.69) is 14.8 Å². The zero-order valence-electron chi connectivity index (χ0n) is 7.89. The van der Waals surface area contributed by atoms with E-state index in [4.69, 9.17) is 5.11 Å².